The van der Waals surface area contributed by atoms with Gasteiger partial charge in [-0.25, -0.2) is 0 Å². The quantitative estimate of drug-likeness (QED) is 0.409. The maximum atomic E-state index is 11.8. The first-order valence-corrected chi connectivity index (χ1v) is 8.85. The van der Waals surface area contributed by atoms with Crippen molar-refractivity contribution in [2.24, 2.45) is 11.8 Å². The van der Waals surface area contributed by atoms with Crippen LogP contribution >= 0.6 is 12.2 Å². The van der Waals surface area contributed by atoms with E-state index in [0.29, 0.717) is 28.7 Å². The van der Waals surface area contributed by atoms with Crippen LogP contribution in [0.4, 0.5) is 0 Å². The van der Waals surface area contributed by atoms with Crippen LogP contribution in [0.25, 0.3) is 0 Å². The number of amides is 1. The highest BCUT2D eigenvalue weighted by Gasteiger charge is 2.35. The van der Waals surface area contributed by atoms with Gasteiger partial charge in [-0.05, 0) is 61.2 Å². The van der Waals surface area contributed by atoms with Crippen LogP contribution in [0, 0.1) is 11.8 Å². The molecule has 0 spiro atoms. The van der Waals surface area contributed by atoms with E-state index in [1.54, 1.807) is 19.2 Å². The van der Waals surface area contributed by atoms with E-state index < -0.39 is 0 Å². The Kier molecular flexibility index (Phi) is 5.75. The number of hydrazine groups is 1. The summed E-state index contributed by atoms with van der Waals surface area (Å²) in [6.45, 7) is 0.289. The van der Waals surface area contributed by atoms with Crippen molar-refractivity contribution < 1.29 is 14.3 Å². The number of hydrogen-bond acceptors (Lipinski definition) is 4. The summed E-state index contributed by atoms with van der Waals surface area (Å²) in [4.78, 5) is 11.8. The standard InChI is InChI=1S/C18H23N3O3S/c1-23-14-4-6-15(7-5-14)24-9-8-17(22)20-21-18(25)19-16-11-12-2-3-13(16)10-12/h2-7,12-13,16H,8-11H2,1H3,(H,20,22)(H2,19,21,25)/t12-,13+,16-/m0/s1. The molecule has 0 aliphatic heterocycles. The van der Waals surface area contributed by atoms with Gasteiger partial charge in [-0.2, -0.15) is 0 Å². The average Bonchev–Trinajstić information content (AvgIpc) is 3.23. The molecule has 1 aromatic rings. The number of fused-ring (bicyclic) bond motifs is 2. The number of allylic oxidation sites excluding steroid dienone is 1. The van der Waals surface area contributed by atoms with Gasteiger partial charge in [0.1, 0.15) is 11.5 Å². The van der Waals surface area contributed by atoms with Crippen LogP contribution in [0.15, 0.2) is 36.4 Å². The Hall–Kier alpha value is -2.28. The summed E-state index contributed by atoms with van der Waals surface area (Å²) in [7, 11) is 1.61. The van der Waals surface area contributed by atoms with Crippen LogP contribution in [0.3, 0.4) is 0 Å². The molecule has 2 bridgehead atoms. The molecule has 6 nitrogen and oxygen atoms in total. The molecule has 0 aromatic heterocycles. The van der Waals surface area contributed by atoms with Crippen LogP contribution < -0.4 is 25.6 Å². The molecule has 7 heteroatoms. The minimum absolute atomic E-state index is 0.175. The zero-order valence-electron chi connectivity index (χ0n) is 14.2. The highest BCUT2D eigenvalue weighted by molar-refractivity contribution is 7.80. The molecule has 0 saturated heterocycles. The summed E-state index contributed by atoms with van der Waals surface area (Å²) in [6.07, 6.45) is 7.08. The van der Waals surface area contributed by atoms with E-state index >= 15 is 0 Å². The second kappa shape index (κ2) is 8.20. The molecule has 1 aromatic carbocycles. The minimum Gasteiger partial charge on any atom is -0.497 e. The summed E-state index contributed by atoms with van der Waals surface area (Å²) in [6, 6.07) is 7.60. The Balaban J connectivity index is 1.29. The molecule has 3 atom stereocenters. The normalized spacial score (nSPS) is 23.2. The Labute approximate surface area is 152 Å². The molecule has 3 N–H and O–H groups in total. The minimum atomic E-state index is -0.175. The third kappa shape index (κ3) is 4.85. The lowest BCUT2D eigenvalue weighted by molar-refractivity contribution is -0.122. The Bertz CT molecular complexity index is 647. The molecule has 2 aliphatic rings. The Morgan fingerprint density at radius 3 is 2.56 bits per heavy atom. The zero-order chi connectivity index (χ0) is 17.6. The lowest BCUT2D eigenvalue weighted by atomic mass is 10.0. The van der Waals surface area contributed by atoms with Crippen LogP contribution in [-0.4, -0.2) is 30.8 Å². The molecular formula is C18H23N3O3S. The number of benzene rings is 1. The van der Waals surface area contributed by atoms with Gasteiger partial charge in [0.2, 0.25) is 5.91 Å². The van der Waals surface area contributed by atoms with E-state index in [9.17, 15) is 4.79 Å². The fourth-order valence-electron chi connectivity index (χ4n) is 3.27. The van der Waals surface area contributed by atoms with E-state index in [-0.39, 0.29) is 18.9 Å². The van der Waals surface area contributed by atoms with Gasteiger partial charge in [0.05, 0.1) is 20.1 Å². The smallest absolute Gasteiger partial charge is 0.241 e. The summed E-state index contributed by atoms with van der Waals surface area (Å²) >= 11 is 5.23. The molecular weight excluding hydrogens is 338 g/mol. The first-order chi connectivity index (χ1) is 12.1. The number of methoxy groups -OCH3 is 1. The number of nitrogens with one attached hydrogen (secondary N) is 3. The van der Waals surface area contributed by atoms with Crippen molar-refractivity contribution in [3.05, 3.63) is 36.4 Å². The van der Waals surface area contributed by atoms with Gasteiger partial charge >= 0.3 is 0 Å². The number of ether oxygens (including phenoxy) is 2. The van der Waals surface area contributed by atoms with Crippen LogP contribution in [-0.2, 0) is 4.79 Å². The summed E-state index contributed by atoms with van der Waals surface area (Å²) < 4.78 is 10.6. The second-order valence-electron chi connectivity index (χ2n) is 6.31. The predicted molar refractivity (Wildman–Crippen MR) is 99.3 cm³/mol. The number of carbonyl (C=O) groups is 1. The zero-order valence-corrected chi connectivity index (χ0v) is 15.0. The van der Waals surface area contributed by atoms with Crippen molar-refractivity contribution >= 4 is 23.2 Å². The van der Waals surface area contributed by atoms with Crippen LogP contribution in [0.2, 0.25) is 0 Å². The molecule has 0 heterocycles. The van der Waals surface area contributed by atoms with E-state index in [4.69, 9.17) is 21.7 Å². The van der Waals surface area contributed by atoms with Crippen LogP contribution in [0.5, 0.6) is 11.5 Å². The maximum absolute atomic E-state index is 11.8. The van der Waals surface area contributed by atoms with Gasteiger partial charge in [0.25, 0.3) is 0 Å². The van der Waals surface area contributed by atoms with Gasteiger partial charge in [-0.3, -0.25) is 15.6 Å². The van der Waals surface area contributed by atoms with Gasteiger partial charge in [-0.1, -0.05) is 12.2 Å². The molecule has 1 amide bonds. The largest absolute Gasteiger partial charge is 0.497 e. The third-order valence-electron chi connectivity index (χ3n) is 4.57. The molecule has 2 aliphatic carbocycles. The van der Waals surface area contributed by atoms with Crippen molar-refractivity contribution in [3.63, 3.8) is 0 Å². The molecule has 1 fully saturated rings. The lowest BCUT2D eigenvalue weighted by Crippen LogP contribution is -2.50. The SMILES string of the molecule is COc1ccc(OCCC(=O)NNC(=S)N[C@H]2C[C@H]3C=C[C@@H]2C3)cc1. The van der Waals surface area contributed by atoms with Crippen molar-refractivity contribution in [3.8, 4) is 11.5 Å². The third-order valence-corrected chi connectivity index (χ3v) is 4.79. The fraction of sp³-hybridized carbons (Fsp3) is 0.444. The first kappa shape index (κ1) is 17.5. The van der Waals surface area contributed by atoms with Gasteiger partial charge in [-0.15, -0.1) is 0 Å². The first-order valence-electron chi connectivity index (χ1n) is 8.44. The Morgan fingerprint density at radius 1 is 1.16 bits per heavy atom. The number of hydrogen-bond donors (Lipinski definition) is 3. The lowest BCUT2D eigenvalue weighted by Gasteiger charge is -2.22. The van der Waals surface area contributed by atoms with Crippen molar-refractivity contribution in [1.82, 2.24) is 16.2 Å². The average molecular weight is 361 g/mol. The van der Waals surface area contributed by atoms with Crippen molar-refractivity contribution in [2.45, 2.75) is 25.3 Å². The molecule has 3 rings (SSSR count). The van der Waals surface area contributed by atoms with Gasteiger partial charge in [0.15, 0.2) is 5.11 Å². The number of carbonyl (C=O) groups excluding carboxylic acids is 1. The molecule has 1 saturated carbocycles. The van der Waals surface area contributed by atoms with E-state index in [1.807, 2.05) is 12.1 Å². The fourth-order valence-corrected chi connectivity index (χ4v) is 3.48. The monoisotopic (exact) mass is 361 g/mol. The van der Waals surface area contributed by atoms with Crippen LogP contribution in [0.1, 0.15) is 19.3 Å². The highest BCUT2D eigenvalue weighted by atomic mass is 32.1. The van der Waals surface area contributed by atoms with Crippen molar-refractivity contribution in [2.75, 3.05) is 13.7 Å². The highest BCUT2D eigenvalue weighted by Crippen LogP contribution is 2.38. The van der Waals surface area contributed by atoms with Crippen molar-refractivity contribution in [1.29, 1.82) is 0 Å². The van der Waals surface area contributed by atoms with E-state index in [2.05, 4.69) is 28.3 Å². The Morgan fingerprint density at radius 2 is 1.92 bits per heavy atom. The summed E-state index contributed by atoms with van der Waals surface area (Å²) in [5.41, 5.74) is 5.35. The predicted octanol–water partition coefficient (Wildman–Crippen LogP) is 1.92. The molecule has 0 radical (unpaired) electrons. The molecule has 25 heavy (non-hydrogen) atoms. The van der Waals surface area contributed by atoms with E-state index in [0.717, 1.165) is 12.2 Å². The number of thiocarbonyl (C=S) groups is 1. The summed E-state index contributed by atoms with van der Waals surface area (Å²) in [5, 5.41) is 3.72. The maximum Gasteiger partial charge on any atom is 0.241 e. The molecule has 134 valence electrons. The van der Waals surface area contributed by atoms with Gasteiger partial charge < -0.3 is 14.8 Å². The topological polar surface area (TPSA) is 71.6 Å². The van der Waals surface area contributed by atoms with Gasteiger partial charge in [0, 0.05) is 6.04 Å². The molecule has 0 unspecified atom stereocenters. The second-order valence-corrected chi connectivity index (χ2v) is 6.72. The number of rotatable bonds is 6. The van der Waals surface area contributed by atoms with E-state index in [1.165, 1.54) is 6.42 Å². The summed E-state index contributed by atoms with van der Waals surface area (Å²) in [5.74, 6) is 2.52.